The van der Waals surface area contributed by atoms with Crippen molar-refractivity contribution in [1.29, 1.82) is 0 Å². The molecular formula is C13H27NO2S. The molecule has 0 heterocycles. The molecule has 1 rings (SSSR count). The zero-order valence-corrected chi connectivity index (χ0v) is 12.4. The molecule has 0 aromatic carbocycles. The van der Waals surface area contributed by atoms with Crippen LogP contribution < -0.4 is 5.32 Å². The lowest BCUT2D eigenvalue weighted by Crippen LogP contribution is -2.45. The fourth-order valence-corrected chi connectivity index (χ4v) is 3.33. The van der Waals surface area contributed by atoms with Gasteiger partial charge >= 0.3 is 0 Å². The lowest BCUT2D eigenvalue weighted by Gasteiger charge is -2.41. The van der Waals surface area contributed by atoms with E-state index in [1.165, 1.54) is 31.9 Å². The van der Waals surface area contributed by atoms with Crippen molar-refractivity contribution in [2.45, 2.75) is 52.5 Å². The van der Waals surface area contributed by atoms with Gasteiger partial charge in [0.1, 0.15) is 9.84 Å². The fraction of sp³-hybridized carbons (Fsp3) is 1.00. The van der Waals surface area contributed by atoms with E-state index >= 15 is 0 Å². The summed E-state index contributed by atoms with van der Waals surface area (Å²) in [5, 5.41) is 3.46. The molecule has 1 aliphatic rings. The van der Waals surface area contributed by atoms with Crippen molar-refractivity contribution >= 4 is 9.84 Å². The molecule has 0 aromatic heterocycles. The summed E-state index contributed by atoms with van der Waals surface area (Å²) >= 11 is 0. The second-order valence-corrected chi connectivity index (χ2v) is 8.71. The summed E-state index contributed by atoms with van der Waals surface area (Å²) in [5.74, 6) is 0.913. The van der Waals surface area contributed by atoms with Crippen LogP contribution in [0.25, 0.3) is 0 Å². The van der Waals surface area contributed by atoms with Gasteiger partial charge in [0.15, 0.2) is 0 Å². The van der Waals surface area contributed by atoms with Crippen molar-refractivity contribution in [2.24, 2.45) is 11.3 Å². The Morgan fingerprint density at radius 3 is 2.29 bits per heavy atom. The van der Waals surface area contributed by atoms with Gasteiger partial charge in [-0.05, 0) is 24.2 Å². The van der Waals surface area contributed by atoms with E-state index in [9.17, 15) is 8.42 Å². The van der Waals surface area contributed by atoms with Gasteiger partial charge in [0.2, 0.25) is 0 Å². The highest BCUT2D eigenvalue weighted by Crippen LogP contribution is 2.37. The summed E-state index contributed by atoms with van der Waals surface area (Å²) in [7, 11) is -2.84. The molecular weight excluding hydrogens is 234 g/mol. The van der Waals surface area contributed by atoms with Crippen LogP contribution in [-0.2, 0) is 9.84 Å². The first-order valence-corrected chi connectivity index (χ1v) is 8.67. The van der Waals surface area contributed by atoms with Gasteiger partial charge in [-0.3, -0.25) is 0 Å². The van der Waals surface area contributed by atoms with Crippen LogP contribution in [0.15, 0.2) is 0 Å². The second-order valence-electron chi connectivity index (χ2n) is 6.45. The minimum atomic E-state index is -2.84. The van der Waals surface area contributed by atoms with Crippen molar-refractivity contribution in [1.82, 2.24) is 5.32 Å². The summed E-state index contributed by atoms with van der Waals surface area (Å²) in [6.07, 6.45) is 6.33. The second kappa shape index (κ2) is 5.70. The van der Waals surface area contributed by atoms with Gasteiger partial charge in [0.05, 0.1) is 5.75 Å². The molecule has 0 bridgehead atoms. The number of hydrogen-bond acceptors (Lipinski definition) is 3. The van der Waals surface area contributed by atoms with Crippen molar-refractivity contribution in [2.75, 3.05) is 18.6 Å². The summed E-state index contributed by atoms with van der Waals surface area (Å²) in [6, 6.07) is 0.491. The quantitative estimate of drug-likeness (QED) is 0.844. The lowest BCUT2D eigenvalue weighted by molar-refractivity contribution is 0.132. The maximum atomic E-state index is 11.1. The Labute approximate surface area is 106 Å². The van der Waals surface area contributed by atoms with Gasteiger partial charge in [0.25, 0.3) is 0 Å². The van der Waals surface area contributed by atoms with Gasteiger partial charge in [-0.2, -0.15) is 0 Å². The van der Waals surface area contributed by atoms with E-state index < -0.39 is 9.84 Å². The predicted octanol–water partition coefficient (Wildman–Crippen LogP) is 2.23. The van der Waals surface area contributed by atoms with Crippen LogP contribution in [0.4, 0.5) is 0 Å². The Morgan fingerprint density at radius 2 is 1.76 bits per heavy atom. The molecule has 0 saturated heterocycles. The van der Waals surface area contributed by atoms with Crippen LogP contribution in [0.1, 0.15) is 46.5 Å². The van der Waals surface area contributed by atoms with E-state index in [1.54, 1.807) is 0 Å². The van der Waals surface area contributed by atoms with Crippen LogP contribution in [-0.4, -0.2) is 33.0 Å². The van der Waals surface area contributed by atoms with Crippen LogP contribution in [0.3, 0.4) is 0 Å². The highest BCUT2D eigenvalue weighted by atomic mass is 32.2. The van der Waals surface area contributed by atoms with E-state index in [4.69, 9.17) is 0 Å². The smallest absolute Gasteiger partial charge is 0.148 e. The molecule has 3 nitrogen and oxygen atoms in total. The fourth-order valence-electron chi connectivity index (χ4n) is 2.84. The molecule has 2 atom stereocenters. The first kappa shape index (κ1) is 15.0. The van der Waals surface area contributed by atoms with Gasteiger partial charge in [0, 0.05) is 18.8 Å². The van der Waals surface area contributed by atoms with E-state index in [-0.39, 0.29) is 5.75 Å². The number of rotatable bonds is 4. The molecule has 17 heavy (non-hydrogen) atoms. The van der Waals surface area contributed by atoms with E-state index in [2.05, 4.69) is 26.1 Å². The third kappa shape index (κ3) is 5.38. The maximum absolute atomic E-state index is 11.1. The van der Waals surface area contributed by atoms with Crippen LogP contribution in [0, 0.1) is 11.3 Å². The van der Waals surface area contributed by atoms with Crippen molar-refractivity contribution in [3.8, 4) is 0 Å². The first-order valence-electron chi connectivity index (χ1n) is 6.61. The highest BCUT2D eigenvalue weighted by molar-refractivity contribution is 7.90. The highest BCUT2D eigenvalue weighted by Gasteiger charge is 2.33. The largest absolute Gasteiger partial charge is 0.313 e. The van der Waals surface area contributed by atoms with Gasteiger partial charge < -0.3 is 5.32 Å². The SMILES string of the molecule is CC(C)(C)C1CCCCC1NCCS(C)(=O)=O. The van der Waals surface area contributed by atoms with Gasteiger partial charge in [-0.25, -0.2) is 8.42 Å². The molecule has 1 aliphatic carbocycles. The summed E-state index contributed by atoms with van der Waals surface area (Å²) < 4.78 is 22.2. The molecule has 0 amide bonds. The molecule has 0 aliphatic heterocycles. The minimum absolute atomic E-state index is 0.250. The molecule has 1 saturated carbocycles. The molecule has 1 fully saturated rings. The first-order chi connectivity index (χ1) is 7.70. The standard InChI is InChI=1S/C13H27NO2S/c1-13(2,3)11-7-5-6-8-12(11)14-9-10-17(4,15)16/h11-12,14H,5-10H2,1-4H3. The van der Waals surface area contributed by atoms with Crippen LogP contribution >= 0.6 is 0 Å². The normalized spacial score (nSPS) is 27.1. The van der Waals surface area contributed by atoms with Crippen molar-refractivity contribution in [3.05, 3.63) is 0 Å². The molecule has 0 spiro atoms. The van der Waals surface area contributed by atoms with Crippen molar-refractivity contribution < 1.29 is 8.42 Å². The Kier molecular flexibility index (Phi) is 5.02. The molecule has 2 unspecified atom stereocenters. The van der Waals surface area contributed by atoms with E-state index in [0.29, 0.717) is 23.9 Å². The topological polar surface area (TPSA) is 46.2 Å². The summed E-state index contributed by atoms with van der Waals surface area (Å²) in [4.78, 5) is 0. The number of hydrogen-bond donors (Lipinski definition) is 1. The molecule has 4 heteroatoms. The Hall–Kier alpha value is -0.0900. The van der Waals surface area contributed by atoms with Gasteiger partial charge in [-0.1, -0.05) is 33.6 Å². The molecule has 102 valence electrons. The third-order valence-electron chi connectivity index (χ3n) is 3.76. The molecule has 0 aromatic rings. The van der Waals surface area contributed by atoms with Crippen molar-refractivity contribution in [3.63, 3.8) is 0 Å². The number of nitrogens with one attached hydrogen (secondary N) is 1. The van der Waals surface area contributed by atoms with Gasteiger partial charge in [-0.15, -0.1) is 0 Å². The zero-order valence-electron chi connectivity index (χ0n) is 11.6. The van der Waals surface area contributed by atoms with E-state index in [0.717, 1.165) is 0 Å². The summed E-state index contributed by atoms with van der Waals surface area (Å²) in [6.45, 7) is 7.45. The Morgan fingerprint density at radius 1 is 1.18 bits per heavy atom. The third-order valence-corrected chi connectivity index (χ3v) is 4.70. The molecule has 0 radical (unpaired) electrons. The average Bonchev–Trinajstić information content (AvgIpc) is 2.15. The van der Waals surface area contributed by atoms with Crippen LogP contribution in [0.5, 0.6) is 0 Å². The van der Waals surface area contributed by atoms with Crippen LogP contribution in [0.2, 0.25) is 0 Å². The number of sulfone groups is 1. The monoisotopic (exact) mass is 261 g/mol. The maximum Gasteiger partial charge on any atom is 0.148 e. The summed E-state index contributed by atoms with van der Waals surface area (Å²) in [5.41, 5.74) is 0.309. The molecule has 1 N–H and O–H groups in total. The minimum Gasteiger partial charge on any atom is -0.313 e. The lowest BCUT2D eigenvalue weighted by atomic mass is 9.69. The Balaban J connectivity index is 2.49. The van der Waals surface area contributed by atoms with E-state index in [1.807, 2.05) is 0 Å². The predicted molar refractivity (Wildman–Crippen MR) is 72.9 cm³/mol. The average molecular weight is 261 g/mol. The zero-order chi connectivity index (χ0) is 13.1. The Bertz CT molecular complexity index is 330.